The van der Waals surface area contributed by atoms with Gasteiger partial charge in [-0.1, -0.05) is 176 Å². The van der Waals surface area contributed by atoms with E-state index in [1.54, 1.807) is 24.3 Å². The van der Waals surface area contributed by atoms with Crippen LogP contribution in [0.15, 0.2) is 48.5 Å². The lowest BCUT2D eigenvalue weighted by molar-refractivity contribution is 0.340. The third-order valence-electron chi connectivity index (χ3n) is 5.55. The number of alkyl halides is 12. The second kappa shape index (κ2) is 18.9. The SMILES string of the molecule is CCOc1ccc(C=Cc2nc(C(Cl)(Cl)Cl)nc(C(Cl)(Cl)Cl)n2)cc1.CCOc1ccc(C=Cc2nc(C(Cl)(Cl)Cl)nc(C(Cl)(Cl)Cl)n2)cc1. The Balaban J connectivity index is 0.000000270. The van der Waals surface area contributed by atoms with E-state index in [2.05, 4.69) is 29.9 Å². The number of halogens is 12. The molecule has 268 valence electrons. The summed E-state index contributed by atoms with van der Waals surface area (Å²) < 4.78 is 3.25. The van der Waals surface area contributed by atoms with Crippen molar-refractivity contribution in [2.75, 3.05) is 13.2 Å². The molecule has 0 unspecified atom stereocenters. The molecule has 0 amide bonds. The van der Waals surface area contributed by atoms with Crippen LogP contribution in [-0.2, 0) is 15.2 Å². The van der Waals surface area contributed by atoms with Crippen LogP contribution in [0, 0.1) is 0 Å². The molecule has 0 atom stereocenters. The number of rotatable bonds is 8. The van der Waals surface area contributed by atoms with Crippen molar-refractivity contribution < 1.29 is 9.47 Å². The Labute approximate surface area is 348 Å². The van der Waals surface area contributed by atoms with Gasteiger partial charge in [-0.15, -0.1) is 0 Å². The summed E-state index contributed by atoms with van der Waals surface area (Å²) in [7, 11) is 0. The Morgan fingerprint density at radius 2 is 0.680 bits per heavy atom. The number of nitrogens with zero attached hydrogens (tertiary/aromatic N) is 6. The predicted octanol–water partition coefficient (Wildman–Crippen LogP) is 12.2. The van der Waals surface area contributed by atoms with Crippen LogP contribution in [0.4, 0.5) is 0 Å². The minimum absolute atomic E-state index is 0.139. The van der Waals surface area contributed by atoms with E-state index in [1.807, 2.05) is 62.4 Å². The first-order chi connectivity index (χ1) is 23.2. The quantitative estimate of drug-likeness (QED) is 0.161. The molecule has 0 aliphatic heterocycles. The molecule has 20 heteroatoms. The minimum atomic E-state index is -1.88. The first-order valence-electron chi connectivity index (χ1n) is 13.8. The van der Waals surface area contributed by atoms with E-state index >= 15 is 0 Å². The zero-order chi connectivity index (χ0) is 37.3. The van der Waals surface area contributed by atoms with Crippen molar-refractivity contribution in [2.45, 2.75) is 29.0 Å². The molecule has 0 saturated heterocycles. The highest BCUT2D eigenvalue weighted by atomic mass is 35.6. The molecular formula is C30H22Cl12N6O2. The van der Waals surface area contributed by atoms with Crippen LogP contribution in [0.3, 0.4) is 0 Å². The van der Waals surface area contributed by atoms with Crippen molar-refractivity contribution >= 4 is 164 Å². The number of ether oxygens (including phenoxy) is 2. The van der Waals surface area contributed by atoms with E-state index in [9.17, 15) is 0 Å². The topological polar surface area (TPSA) is 95.8 Å². The standard InChI is InChI=1S/2C15H11Cl6N3O/c2*1-2-25-10-6-3-9(4-7-10)5-8-11-22-12(14(16,17)18)24-13(23-11)15(19,20)21/h2*3-8H,2H2,1H3. The van der Waals surface area contributed by atoms with Gasteiger partial charge in [0.1, 0.15) is 11.5 Å². The molecule has 0 saturated carbocycles. The van der Waals surface area contributed by atoms with Gasteiger partial charge in [0, 0.05) is 0 Å². The highest BCUT2D eigenvalue weighted by Crippen LogP contribution is 2.41. The van der Waals surface area contributed by atoms with Crippen LogP contribution in [0.5, 0.6) is 11.5 Å². The van der Waals surface area contributed by atoms with E-state index in [1.165, 1.54) is 0 Å². The van der Waals surface area contributed by atoms with Crippen molar-refractivity contribution in [3.8, 4) is 11.5 Å². The van der Waals surface area contributed by atoms with Crippen LogP contribution in [0.1, 0.15) is 59.9 Å². The van der Waals surface area contributed by atoms with Crippen molar-refractivity contribution in [1.82, 2.24) is 29.9 Å². The molecule has 2 aromatic carbocycles. The molecule has 0 N–H and O–H groups in total. The maximum Gasteiger partial charge on any atom is 0.250 e. The van der Waals surface area contributed by atoms with Crippen molar-refractivity contribution in [2.24, 2.45) is 0 Å². The molecule has 0 aliphatic rings. The van der Waals surface area contributed by atoms with Crippen LogP contribution < -0.4 is 9.47 Å². The third kappa shape index (κ3) is 14.4. The zero-order valence-corrected chi connectivity index (χ0v) is 34.4. The van der Waals surface area contributed by atoms with Gasteiger partial charge in [0.15, 0.2) is 34.9 Å². The van der Waals surface area contributed by atoms with E-state index in [0.29, 0.717) is 13.2 Å². The van der Waals surface area contributed by atoms with E-state index in [0.717, 1.165) is 22.6 Å². The maximum absolute atomic E-state index is 5.83. The summed E-state index contributed by atoms with van der Waals surface area (Å²) >= 11 is 69.9. The summed E-state index contributed by atoms with van der Waals surface area (Å²) in [5.41, 5.74) is 1.77. The molecule has 0 spiro atoms. The van der Waals surface area contributed by atoms with Gasteiger partial charge >= 0.3 is 0 Å². The lowest BCUT2D eigenvalue weighted by atomic mass is 10.2. The molecule has 2 heterocycles. The molecule has 0 fully saturated rings. The smallest absolute Gasteiger partial charge is 0.250 e. The van der Waals surface area contributed by atoms with Gasteiger partial charge in [0.25, 0.3) is 0 Å². The molecule has 0 aliphatic carbocycles. The fourth-order valence-electron chi connectivity index (χ4n) is 3.47. The van der Waals surface area contributed by atoms with Gasteiger partial charge in [0.2, 0.25) is 15.2 Å². The number of aromatic nitrogens is 6. The molecule has 50 heavy (non-hydrogen) atoms. The average molecular weight is 924 g/mol. The molecule has 8 nitrogen and oxygen atoms in total. The second-order valence-electron chi connectivity index (χ2n) is 9.34. The zero-order valence-electron chi connectivity index (χ0n) is 25.4. The monoisotopic (exact) mass is 918 g/mol. The van der Waals surface area contributed by atoms with E-state index < -0.39 is 15.2 Å². The van der Waals surface area contributed by atoms with Crippen molar-refractivity contribution in [1.29, 1.82) is 0 Å². The first-order valence-corrected chi connectivity index (χ1v) is 18.4. The molecule has 4 aromatic rings. The van der Waals surface area contributed by atoms with Gasteiger partial charge < -0.3 is 9.47 Å². The molecule has 2 aromatic heterocycles. The average Bonchev–Trinajstić information content (AvgIpc) is 3.03. The molecule has 4 rings (SSSR count). The lowest BCUT2D eigenvalue weighted by Crippen LogP contribution is -2.16. The van der Waals surface area contributed by atoms with Crippen LogP contribution in [0.2, 0.25) is 0 Å². The number of hydrogen-bond acceptors (Lipinski definition) is 8. The van der Waals surface area contributed by atoms with Gasteiger partial charge in [-0.2, -0.15) is 0 Å². The first kappa shape index (κ1) is 43.4. The van der Waals surface area contributed by atoms with Crippen molar-refractivity contribution in [3.63, 3.8) is 0 Å². The summed E-state index contributed by atoms with van der Waals surface area (Å²) in [6.45, 7) is 5.03. The second-order valence-corrected chi connectivity index (χ2v) is 18.5. The van der Waals surface area contributed by atoms with E-state index in [-0.39, 0.29) is 34.9 Å². The summed E-state index contributed by atoms with van der Waals surface area (Å²) in [6.07, 6.45) is 6.71. The van der Waals surface area contributed by atoms with Crippen LogP contribution in [-0.4, -0.2) is 43.1 Å². The fraction of sp³-hybridized carbons (Fsp3) is 0.267. The normalized spacial score (nSPS) is 12.6. The van der Waals surface area contributed by atoms with Gasteiger partial charge in [-0.3, -0.25) is 0 Å². The summed E-state index contributed by atoms with van der Waals surface area (Å²) in [4.78, 5) is 24.1. The van der Waals surface area contributed by atoms with Gasteiger partial charge in [-0.25, -0.2) is 29.9 Å². The maximum atomic E-state index is 5.83. The summed E-state index contributed by atoms with van der Waals surface area (Å²) in [6, 6.07) is 14.9. The Morgan fingerprint density at radius 1 is 0.420 bits per heavy atom. The third-order valence-corrected chi connectivity index (χ3v) is 7.58. The van der Waals surface area contributed by atoms with Crippen molar-refractivity contribution in [3.05, 3.63) is 94.6 Å². The largest absolute Gasteiger partial charge is 0.494 e. The van der Waals surface area contributed by atoms with Crippen LogP contribution >= 0.6 is 139 Å². The molecule has 0 bridgehead atoms. The van der Waals surface area contributed by atoms with Gasteiger partial charge in [0.05, 0.1) is 13.2 Å². The van der Waals surface area contributed by atoms with Gasteiger partial charge in [-0.05, 0) is 61.4 Å². The fourth-order valence-corrected chi connectivity index (χ4v) is 4.48. The molecule has 0 radical (unpaired) electrons. The minimum Gasteiger partial charge on any atom is -0.494 e. The Bertz CT molecular complexity index is 1570. The Kier molecular flexibility index (Phi) is 16.4. The predicted molar refractivity (Wildman–Crippen MR) is 210 cm³/mol. The summed E-state index contributed by atoms with van der Waals surface area (Å²) in [5.74, 6) is 1.37. The van der Waals surface area contributed by atoms with Crippen LogP contribution in [0.25, 0.3) is 24.3 Å². The van der Waals surface area contributed by atoms with E-state index in [4.69, 9.17) is 149 Å². The Hall–Kier alpha value is -0.980. The summed E-state index contributed by atoms with van der Waals surface area (Å²) in [5, 5.41) is 0. The molecular weight excluding hydrogens is 902 g/mol. The number of hydrogen-bond donors (Lipinski definition) is 0. The lowest BCUT2D eigenvalue weighted by Gasteiger charge is -2.14. The Morgan fingerprint density at radius 3 is 0.900 bits per heavy atom. The highest BCUT2D eigenvalue weighted by Gasteiger charge is 2.34. The number of benzene rings is 2. The highest BCUT2D eigenvalue weighted by molar-refractivity contribution is 6.68.